The quantitative estimate of drug-likeness (QED) is 0.758. The zero-order valence-corrected chi connectivity index (χ0v) is 8.36. The minimum absolute atomic E-state index is 0.227. The van der Waals surface area contributed by atoms with Gasteiger partial charge in [-0.25, -0.2) is 9.97 Å². The van der Waals surface area contributed by atoms with E-state index in [9.17, 15) is 0 Å². The van der Waals surface area contributed by atoms with Gasteiger partial charge in [0.2, 0.25) is 0 Å². The summed E-state index contributed by atoms with van der Waals surface area (Å²) in [6, 6.07) is 2.37. The van der Waals surface area contributed by atoms with Gasteiger partial charge >= 0.3 is 6.01 Å². The highest BCUT2D eigenvalue weighted by Crippen LogP contribution is 2.10. The lowest BCUT2D eigenvalue weighted by Gasteiger charge is -2.22. The van der Waals surface area contributed by atoms with Crippen LogP contribution in [0.5, 0.6) is 6.01 Å². The van der Waals surface area contributed by atoms with Crippen LogP contribution in [0.15, 0.2) is 12.3 Å². The van der Waals surface area contributed by atoms with Crippen LogP contribution in [0.3, 0.4) is 0 Å². The average Bonchev–Trinajstić information content (AvgIpc) is 2.19. The van der Waals surface area contributed by atoms with E-state index in [1.807, 2.05) is 13.0 Å². The minimum atomic E-state index is 0.227. The molecule has 1 saturated heterocycles. The monoisotopic (exact) mass is 193 g/mol. The first-order chi connectivity index (χ1) is 6.84. The molecule has 1 aromatic heterocycles. The van der Waals surface area contributed by atoms with Gasteiger partial charge in [0.05, 0.1) is 0 Å². The molecule has 0 bridgehead atoms. The number of aromatic nitrogens is 2. The standard InChI is InChI=1S/C10H15N3O/c1-8-4-6-12-10(13-8)14-9-3-2-5-11-7-9/h4,6,9,11H,2-3,5,7H2,1H3/t9-/m0/s1. The van der Waals surface area contributed by atoms with Crippen LogP contribution in [0, 0.1) is 6.92 Å². The van der Waals surface area contributed by atoms with Crippen LogP contribution in [0.1, 0.15) is 18.5 Å². The maximum atomic E-state index is 5.65. The number of nitrogens with zero attached hydrogens (tertiary/aromatic N) is 2. The molecule has 14 heavy (non-hydrogen) atoms. The fraction of sp³-hybridized carbons (Fsp3) is 0.600. The van der Waals surface area contributed by atoms with Crippen LogP contribution in [0.2, 0.25) is 0 Å². The summed E-state index contributed by atoms with van der Waals surface area (Å²) in [5, 5.41) is 3.29. The highest BCUT2D eigenvalue weighted by atomic mass is 16.5. The van der Waals surface area contributed by atoms with Crippen molar-refractivity contribution in [3.05, 3.63) is 18.0 Å². The van der Waals surface area contributed by atoms with Gasteiger partial charge < -0.3 is 10.1 Å². The van der Waals surface area contributed by atoms with E-state index in [0.29, 0.717) is 6.01 Å². The molecule has 2 heterocycles. The normalized spacial score (nSPS) is 21.9. The van der Waals surface area contributed by atoms with Crippen molar-refractivity contribution in [3.63, 3.8) is 0 Å². The van der Waals surface area contributed by atoms with Crippen molar-refractivity contribution in [1.29, 1.82) is 0 Å². The molecule has 2 rings (SSSR count). The third kappa shape index (κ3) is 2.42. The van der Waals surface area contributed by atoms with Crippen LogP contribution in [0.4, 0.5) is 0 Å². The molecule has 0 radical (unpaired) electrons. The molecular formula is C10H15N3O. The molecule has 1 atom stereocenters. The Balaban J connectivity index is 1.95. The number of aryl methyl sites for hydroxylation is 1. The molecule has 0 spiro atoms. The van der Waals surface area contributed by atoms with Crippen LogP contribution in [-0.2, 0) is 0 Å². The Morgan fingerprint density at radius 3 is 3.21 bits per heavy atom. The van der Waals surface area contributed by atoms with Crippen molar-refractivity contribution in [1.82, 2.24) is 15.3 Å². The van der Waals surface area contributed by atoms with E-state index in [1.165, 1.54) is 0 Å². The Bertz CT molecular complexity index is 297. The van der Waals surface area contributed by atoms with Crippen molar-refractivity contribution in [2.75, 3.05) is 13.1 Å². The smallest absolute Gasteiger partial charge is 0.316 e. The SMILES string of the molecule is Cc1ccnc(O[C@H]2CCCNC2)n1. The van der Waals surface area contributed by atoms with E-state index in [-0.39, 0.29) is 6.10 Å². The number of ether oxygens (including phenoxy) is 1. The number of nitrogens with one attached hydrogen (secondary N) is 1. The molecule has 0 aromatic carbocycles. The number of rotatable bonds is 2. The van der Waals surface area contributed by atoms with Crippen molar-refractivity contribution in [2.24, 2.45) is 0 Å². The molecule has 4 heteroatoms. The second-order valence-corrected chi connectivity index (χ2v) is 3.57. The minimum Gasteiger partial charge on any atom is -0.459 e. The molecular weight excluding hydrogens is 178 g/mol. The maximum Gasteiger partial charge on any atom is 0.316 e. The molecule has 1 aromatic rings. The van der Waals surface area contributed by atoms with Crippen molar-refractivity contribution in [3.8, 4) is 6.01 Å². The van der Waals surface area contributed by atoms with E-state index in [1.54, 1.807) is 6.20 Å². The molecule has 1 fully saturated rings. The first-order valence-electron chi connectivity index (χ1n) is 5.01. The first-order valence-corrected chi connectivity index (χ1v) is 5.01. The van der Waals surface area contributed by atoms with Crippen molar-refractivity contribution >= 4 is 0 Å². The second-order valence-electron chi connectivity index (χ2n) is 3.57. The van der Waals surface area contributed by atoms with E-state index in [2.05, 4.69) is 15.3 Å². The Morgan fingerprint density at radius 1 is 1.57 bits per heavy atom. The Hall–Kier alpha value is -1.16. The van der Waals surface area contributed by atoms with Crippen LogP contribution < -0.4 is 10.1 Å². The van der Waals surface area contributed by atoms with Gasteiger partial charge in [-0.05, 0) is 32.4 Å². The summed E-state index contributed by atoms with van der Waals surface area (Å²) in [5.74, 6) is 0. The zero-order chi connectivity index (χ0) is 9.80. The van der Waals surface area contributed by atoms with E-state index >= 15 is 0 Å². The molecule has 76 valence electrons. The van der Waals surface area contributed by atoms with Gasteiger partial charge in [0.25, 0.3) is 0 Å². The van der Waals surface area contributed by atoms with Crippen molar-refractivity contribution in [2.45, 2.75) is 25.9 Å². The predicted octanol–water partition coefficient (Wildman–Crippen LogP) is 0.916. The van der Waals surface area contributed by atoms with Crippen LogP contribution in [-0.4, -0.2) is 29.2 Å². The molecule has 1 aliphatic heterocycles. The number of hydrogen-bond acceptors (Lipinski definition) is 4. The summed E-state index contributed by atoms with van der Waals surface area (Å²) in [7, 11) is 0. The first kappa shape index (κ1) is 9.40. The highest BCUT2D eigenvalue weighted by molar-refractivity contribution is 5.03. The number of piperidine rings is 1. The van der Waals surface area contributed by atoms with E-state index in [4.69, 9.17) is 4.74 Å². The highest BCUT2D eigenvalue weighted by Gasteiger charge is 2.15. The Kier molecular flexibility index (Phi) is 2.93. The Labute approximate surface area is 83.7 Å². The molecule has 1 N–H and O–H groups in total. The number of hydrogen-bond donors (Lipinski definition) is 1. The van der Waals surface area contributed by atoms with E-state index in [0.717, 1.165) is 31.6 Å². The second kappa shape index (κ2) is 4.37. The molecule has 0 amide bonds. The summed E-state index contributed by atoms with van der Waals surface area (Å²) in [5.41, 5.74) is 0.943. The summed E-state index contributed by atoms with van der Waals surface area (Å²) >= 11 is 0. The summed E-state index contributed by atoms with van der Waals surface area (Å²) in [4.78, 5) is 8.28. The molecule has 1 aliphatic rings. The molecule has 0 aliphatic carbocycles. The lowest BCUT2D eigenvalue weighted by Crippen LogP contribution is -2.37. The maximum absolute atomic E-state index is 5.65. The van der Waals surface area contributed by atoms with Gasteiger partial charge in [-0.15, -0.1) is 0 Å². The largest absolute Gasteiger partial charge is 0.459 e. The molecule has 4 nitrogen and oxygen atoms in total. The van der Waals surface area contributed by atoms with Gasteiger partial charge in [-0.3, -0.25) is 0 Å². The van der Waals surface area contributed by atoms with E-state index < -0.39 is 0 Å². The van der Waals surface area contributed by atoms with Gasteiger partial charge in [0.1, 0.15) is 6.10 Å². The summed E-state index contributed by atoms with van der Waals surface area (Å²) in [6.45, 7) is 3.93. The summed E-state index contributed by atoms with van der Waals surface area (Å²) in [6.07, 6.45) is 4.21. The lowest BCUT2D eigenvalue weighted by molar-refractivity contribution is 0.153. The van der Waals surface area contributed by atoms with Crippen molar-refractivity contribution < 1.29 is 4.74 Å². The van der Waals surface area contributed by atoms with Crippen LogP contribution in [0.25, 0.3) is 0 Å². The van der Waals surface area contributed by atoms with Gasteiger partial charge in [0, 0.05) is 18.4 Å². The average molecular weight is 193 g/mol. The topological polar surface area (TPSA) is 47.0 Å². The third-order valence-electron chi connectivity index (χ3n) is 2.30. The zero-order valence-electron chi connectivity index (χ0n) is 8.36. The van der Waals surface area contributed by atoms with Gasteiger partial charge in [-0.2, -0.15) is 0 Å². The fourth-order valence-corrected chi connectivity index (χ4v) is 1.55. The molecule has 0 unspecified atom stereocenters. The molecule has 0 saturated carbocycles. The van der Waals surface area contributed by atoms with Crippen LogP contribution >= 0.6 is 0 Å². The van der Waals surface area contributed by atoms with Gasteiger partial charge in [-0.1, -0.05) is 0 Å². The Morgan fingerprint density at radius 2 is 2.50 bits per heavy atom. The third-order valence-corrected chi connectivity index (χ3v) is 2.30. The fourth-order valence-electron chi connectivity index (χ4n) is 1.55. The van der Waals surface area contributed by atoms with Gasteiger partial charge in [0.15, 0.2) is 0 Å². The summed E-state index contributed by atoms with van der Waals surface area (Å²) < 4.78 is 5.65. The predicted molar refractivity (Wildman–Crippen MR) is 53.3 cm³/mol. The lowest BCUT2D eigenvalue weighted by atomic mass is 10.1.